The van der Waals surface area contributed by atoms with E-state index in [2.05, 4.69) is 48.1 Å². The molecule has 7 heteroatoms. The second kappa shape index (κ2) is 11.5. The van der Waals surface area contributed by atoms with Gasteiger partial charge in [-0.15, -0.1) is 11.3 Å². The molecule has 29 heavy (non-hydrogen) atoms. The van der Waals surface area contributed by atoms with Crippen LogP contribution in [0.1, 0.15) is 36.8 Å². The molecule has 0 fully saturated rings. The maximum Gasteiger partial charge on any atom is 0.234 e. The maximum absolute atomic E-state index is 12.2. The van der Waals surface area contributed by atoms with Gasteiger partial charge in [0, 0.05) is 35.4 Å². The first-order valence-corrected chi connectivity index (χ1v) is 12.2. The first-order chi connectivity index (χ1) is 14.1. The Bertz CT molecular complexity index is 765. The normalized spacial score (nSPS) is 14.4. The van der Waals surface area contributed by atoms with Gasteiger partial charge in [0.1, 0.15) is 0 Å². The molecule has 0 spiro atoms. The quantitative estimate of drug-likeness (QED) is 0.548. The number of thioether (sulfide) groups is 1. The summed E-state index contributed by atoms with van der Waals surface area (Å²) in [5.74, 6) is 3.88. The first kappa shape index (κ1) is 22.0. The topological polar surface area (TPSA) is 59.6 Å². The van der Waals surface area contributed by atoms with Gasteiger partial charge in [0.05, 0.1) is 19.8 Å². The van der Waals surface area contributed by atoms with E-state index in [1.807, 2.05) is 23.9 Å². The van der Waals surface area contributed by atoms with Gasteiger partial charge >= 0.3 is 0 Å². The van der Waals surface area contributed by atoms with Crippen molar-refractivity contribution >= 4 is 29.0 Å². The van der Waals surface area contributed by atoms with Crippen molar-refractivity contribution in [3.8, 4) is 11.5 Å². The highest BCUT2D eigenvalue weighted by Gasteiger charge is 2.19. The van der Waals surface area contributed by atoms with Gasteiger partial charge in [0.2, 0.25) is 5.91 Å². The summed E-state index contributed by atoms with van der Waals surface area (Å²) in [5, 5.41) is 8.51. The van der Waals surface area contributed by atoms with Crippen molar-refractivity contribution in [3.63, 3.8) is 0 Å². The predicted octanol–water partition coefficient (Wildman–Crippen LogP) is 4.25. The van der Waals surface area contributed by atoms with E-state index in [4.69, 9.17) is 9.47 Å². The second-order valence-electron chi connectivity index (χ2n) is 7.34. The van der Waals surface area contributed by atoms with Crippen LogP contribution in [0, 0.1) is 5.92 Å². The van der Waals surface area contributed by atoms with Crippen molar-refractivity contribution in [1.82, 2.24) is 10.6 Å². The van der Waals surface area contributed by atoms with Crippen molar-refractivity contribution in [2.45, 2.75) is 32.1 Å². The summed E-state index contributed by atoms with van der Waals surface area (Å²) in [6.07, 6.45) is 0.891. The summed E-state index contributed by atoms with van der Waals surface area (Å²) >= 11 is 3.62. The Kier molecular flexibility index (Phi) is 8.70. The van der Waals surface area contributed by atoms with Gasteiger partial charge in [-0.25, -0.2) is 0 Å². The van der Waals surface area contributed by atoms with Crippen LogP contribution < -0.4 is 20.1 Å². The van der Waals surface area contributed by atoms with E-state index in [-0.39, 0.29) is 11.9 Å². The van der Waals surface area contributed by atoms with E-state index in [1.54, 1.807) is 11.3 Å². The third-order valence-electron chi connectivity index (χ3n) is 4.67. The Morgan fingerprint density at radius 1 is 1.21 bits per heavy atom. The highest BCUT2D eigenvalue weighted by atomic mass is 32.2. The van der Waals surface area contributed by atoms with Crippen LogP contribution >= 0.6 is 23.1 Å². The summed E-state index contributed by atoms with van der Waals surface area (Å²) in [5.41, 5.74) is 1.11. The molecule has 0 saturated carbocycles. The third-order valence-corrected chi connectivity index (χ3v) is 6.74. The fourth-order valence-corrected chi connectivity index (χ4v) is 4.91. The lowest BCUT2D eigenvalue weighted by atomic mass is 9.95. The van der Waals surface area contributed by atoms with Crippen LogP contribution in [0.15, 0.2) is 35.7 Å². The number of thiophene rings is 1. The minimum Gasteiger partial charge on any atom is -0.490 e. The van der Waals surface area contributed by atoms with Gasteiger partial charge in [0.25, 0.3) is 0 Å². The molecular formula is C22H30N2O3S2. The molecule has 3 rings (SSSR count). The number of benzene rings is 1. The molecule has 0 saturated heterocycles. The van der Waals surface area contributed by atoms with E-state index in [0.717, 1.165) is 35.0 Å². The van der Waals surface area contributed by atoms with Gasteiger partial charge in [-0.3, -0.25) is 4.79 Å². The summed E-state index contributed by atoms with van der Waals surface area (Å²) in [6.45, 7) is 6.65. The summed E-state index contributed by atoms with van der Waals surface area (Å²) in [4.78, 5) is 13.6. The number of nitrogens with one attached hydrogen (secondary N) is 2. The minimum absolute atomic E-state index is 0.0294. The lowest BCUT2D eigenvalue weighted by Gasteiger charge is -2.23. The van der Waals surface area contributed by atoms with Crippen LogP contribution in [-0.4, -0.2) is 38.0 Å². The van der Waals surface area contributed by atoms with Crippen LogP contribution in [-0.2, 0) is 10.5 Å². The van der Waals surface area contributed by atoms with Crippen LogP contribution in [0.4, 0.5) is 0 Å². The molecule has 1 amide bonds. The fourth-order valence-electron chi connectivity index (χ4n) is 3.21. The highest BCUT2D eigenvalue weighted by Crippen LogP contribution is 2.34. The smallest absolute Gasteiger partial charge is 0.234 e. The molecule has 2 aromatic rings. The zero-order chi connectivity index (χ0) is 20.5. The minimum atomic E-state index is 0.0294. The Balaban J connectivity index is 1.44. The van der Waals surface area contributed by atoms with E-state index >= 15 is 0 Å². The Hall–Kier alpha value is -1.70. The lowest BCUT2D eigenvalue weighted by Crippen LogP contribution is -2.38. The molecule has 1 aromatic heterocycles. The van der Waals surface area contributed by atoms with Gasteiger partial charge in [0.15, 0.2) is 11.5 Å². The zero-order valence-corrected chi connectivity index (χ0v) is 18.7. The number of carbonyl (C=O) groups is 1. The third kappa shape index (κ3) is 6.94. The monoisotopic (exact) mass is 434 g/mol. The molecule has 158 valence electrons. The van der Waals surface area contributed by atoms with Gasteiger partial charge in [-0.05, 0) is 35.1 Å². The molecule has 1 aromatic carbocycles. The van der Waals surface area contributed by atoms with E-state index < -0.39 is 0 Å². The van der Waals surface area contributed by atoms with Crippen molar-refractivity contribution < 1.29 is 14.3 Å². The van der Waals surface area contributed by atoms with Gasteiger partial charge in [-0.2, -0.15) is 11.8 Å². The van der Waals surface area contributed by atoms with Gasteiger partial charge < -0.3 is 20.1 Å². The van der Waals surface area contributed by atoms with E-state index in [9.17, 15) is 4.79 Å². The number of rotatable bonds is 10. The molecule has 1 atom stereocenters. The highest BCUT2D eigenvalue weighted by molar-refractivity contribution is 7.98. The van der Waals surface area contributed by atoms with Crippen molar-refractivity contribution in [1.29, 1.82) is 0 Å². The van der Waals surface area contributed by atoms with Gasteiger partial charge in [-0.1, -0.05) is 26.0 Å². The van der Waals surface area contributed by atoms with Crippen molar-refractivity contribution in [2.75, 3.05) is 32.1 Å². The Morgan fingerprint density at radius 3 is 2.79 bits per heavy atom. The van der Waals surface area contributed by atoms with Crippen LogP contribution in [0.3, 0.4) is 0 Å². The lowest BCUT2D eigenvalue weighted by molar-refractivity contribution is -0.120. The molecular weight excluding hydrogens is 404 g/mol. The summed E-state index contributed by atoms with van der Waals surface area (Å²) in [6, 6.07) is 10.4. The number of amides is 1. The summed E-state index contributed by atoms with van der Waals surface area (Å²) in [7, 11) is 0. The summed E-state index contributed by atoms with van der Waals surface area (Å²) < 4.78 is 11.5. The van der Waals surface area contributed by atoms with Crippen molar-refractivity contribution in [2.24, 2.45) is 5.92 Å². The molecule has 1 aliphatic rings. The molecule has 2 N–H and O–H groups in total. The number of carbonyl (C=O) groups excluding carboxylic acids is 1. The molecule has 1 unspecified atom stereocenters. The Morgan fingerprint density at radius 2 is 2.03 bits per heavy atom. The molecule has 5 nitrogen and oxygen atoms in total. The number of ether oxygens (including phenoxy) is 2. The molecule has 0 aliphatic carbocycles. The molecule has 2 heterocycles. The van der Waals surface area contributed by atoms with E-state index in [0.29, 0.717) is 32.2 Å². The SMILES string of the molecule is CC(C)C(NCC(=O)NCCSCc1cccs1)c1ccc2c(c1)OCCCO2. The first-order valence-electron chi connectivity index (χ1n) is 10.1. The fraction of sp³-hybridized carbons (Fsp3) is 0.500. The number of fused-ring (bicyclic) bond motifs is 1. The van der Waals surface area contributed by atoms with Crippen LogP contribution in [0.5, 0.6) is 11.5 Å². The molecule has 0 bridgehead atoms. The van der Waals surface area contributed by atoms with Crippen LogP contribution in [0.2, 0.25) is 0 Å². The molecule has 1 aliphatic heterocycles. The Labute approximate surface area is 181 Å². The number of hydrogen-bond acceptors (Lipinski definition) is 6. The standard InChI is InChI=1S/C22H30N2O3S2/c1-16(2)22(17-6-7-19-20(13-17)27-10-4-9-26-19)24-14-21(25)23-8-12-28-15-18-5-3-11-29-18/h3,5-7,11,13,16,22,24H,4,8-10,12,14-15H2,1-2H3,(H,23,25). The number of hydrogen-bond donors (Lipinski definition) is 2. The van der Waals surface area contributed by atoms with E-state index in [1.165, 1.54) is 4.88 Å². The predicted molar refractivity (Wildman–Crippen MR) is 121 cm³/mol. The molecule has 0 radical (unpaired) electrons. The zero-order valence-electron chi connectivity index (χ0n) is 17.1. The van der Waals surface area contributed by atoms with Crippen molar-refractivity contribution in [3.05, 3.63) is 46.2 Å². The maximum atomic E-state index is 12.2. The largest absolute Gasteiger partial charge is 0.490 e. The van der Waals surface area contributed by atoms with Crippen LogP contribution in [0.25, 0.3) is 0 Å². The second-order valence-corrected chi connectivity index (χ2v) is 9.48. The average molecular weight is 435 g/mol. The average Bonchev–Trinajstić information content (AvgIpc) is 3.11.